The fourth-order valence-corrected chi connectivity index (χ4v) is 4.00. The molecule has 3 heteroatoms. The van der Waals surface area contributed by atoms with Gasteiger partial charge < -0.3 is 10.6 Å². The molecule has 2 aliphatic carbocycles. The van der Waals surface area contributed by atoms with Gasteiger partial charge in [0.1, 0.15) is 0 Å². The zero-order chi connectivity index (χ0) is 11.9. The van der Waals surface area contributed by atoms with Crippen LogP contribution >= 0.6 is 0 Å². The highest BCUT2D eigenvalue weighted by Crippen LogP contribution is 2.44. The highest BCUT2D eigenvalue weighted by atomic mass is 16.2. The first kappa shape index (κ1) is 11.5. The molecule has 2 atom stereocenters. The summed E-state index contributed by atoms with van der Waals surface area (Å²) < 4.78 is 0. The number of rotatable bonds is 3. The van der Waals surface area contributed by atoms with E-state index in [1.165, 1.54) is 25.7 Å². The minimum Gasteiger partial charge on any atom is -0.342 e. The first-order chi connectivity index (χ1) is 8.22. The first-order valence-electron chi connectivity index (χ1n) is 7.20. The molecule has 1 amide bonds. The molecule has 1 saturated heterocycles. The molecular weight excluding hydrogens is 212 g/mol. The van der Waals surface area contributed by atoms with Crippen molar-refractivity contribution in [2.45, 2.75) is 44.9 Å². The van der Waals surface area contributed by atoms with E-state index in [1.54, 1.807) is 0 Å². The van der Waals surface area contributed by atoms with E-state index in [1.807, 2.05) is 0 Å². The average Bonchev–Trinajstić information content (AvgIpc) is 2.82. The van der Waals surface area contributed by atoms with Gasteiger partial charge in [-0.3, -0.25) is 4.79 Å². The molecule has 0 bridgehead atoms. The predicted molar refractivity (Wildman–Crippen MR) is 67.4 cm³/mol. The van der Waals surface area contributed by atoms with Gasteiger partial charge in [-0.25, -0.2) is 0 Å². The van der Waals surface area contributed by atoms with Crippen LogP contribution < -0.4 is 5.73 Å². The Morgan fingerprint density at radius 2 is 1.82 bits per heavy atom. The molecule has 3 fully saturated rings. The van der Waals surface area contributed by atoms with Crippen LogP contribution in [0, 0.1) is 17.3 Å². The maximum Gasteiger partial charge on any atom is 0.223 e. The molecule has 0 radical (unpaired) electrons. The second-order valence-electron chi connectivity index (χ2n) is 6.48. The monoisotopic (exact) mass is 236 g/mol. The molecule has 1 heterocycles. The molecule has 3 rings (SSSR count). The van der Waals surface area contributed by atoms with E-state index in [0.29, 0.717) is 18.9 Å². The summed E-state index contributed by atoms with van der Waals surface area (Å²) in [5.74, 6) is 2.01. The number of fused-ring (bicyclic) bond motifs is 1. The lowest BCUT2D eigenvalue weighted by Gasteiger charge is -2.41. The zero-order valence-electron chi connectivity index (χ0n) is 10.7. The topological polar surface area (TPSA) is 46.3 Å². The zero-order valence-corrected chi connectivity index (χ0v) is 10.7. The highest BCUT2D eigenvalue weighted by molar-refractivity contribution is 5.77. The van der Waals surface area contributed by atoms with Crippen LogP contribution in [0.3, 0.4) is 0 Å². The Morgan fingerprint density at radius 1 is 1.18 bits per heavy atom. The van der Waals surface area contributed by atoms with Gasteiger partial charge in [0.15, 0.2) is 0 Å². The largest absolute Gasteiger partial charge is 0.342 e. The van der Waals surface area contributed by atoms with Crippen molar-refractivity contribution in [1.82, 2.24) is 4.90 Å². The van der Waals surface area contributed by atoms with Crippen LogP contribution in [0.2, 0.25) is 0 Å². The number of nitrogens with zero attached hydrogens (tertiary/aromatic N) is 1. The lowest BCUT2D eigenvalue weighted by Crippen LogP contribution is -2.43. The lowest BCUT2D eigenvalue weighted by molar-refractivity contribution is -0.134. The number of nitrogens with two attached hydrogens (primary N) is 1. The van der Waals surface area contributed by atoms with E-state index >= 15 is 0 Å². The van der Waals surface area contributed by atoms with E-state index in [2.05, 4.69) is 4.90 Å². The van der Waals surface area contributed by atoms with Gasteiger partial charge in [0.2, 0.25) is 5.91 Å². The van der Waals surface area contributed by atoms with Crippen molar-refractivity contribution in [3.63, 3.8) is 0 Å². The summed E-state index contributed by atoms with van der Waals surface area (Å²) in [7, 11) is 0. The molecular formula is C14H24N2O. The summed E-state index contributed by atoms with van der Waals surface area (Å²) in [5.41, 5.74) is 6.01. The number of carbonyl (C=O) groups excluding carboxylic acids is 1. The van der Waals surface area contributed by atoms with Crippen molar-refractivity contribution in [3.05, 3.63) is 0 Å². The first-order valence-corrected chi connectivity index (χ1v) is 7.20. The summed E-state index contributed by atoms with van der Waals surface area (Å²) in [5, 5.41) is 0. The lowest BCUT2D eigenvalue weighted by atomic mass is 9.66. The second kappa shape index (κ2) is 4.27. The quantitative estimate of drug-likeness (QED) is 0.811. The van der Waals surface area contributed by atoms with Crippen LogP contribution in [-0.4, -0.2) is 30.4 Å². The number of amides is 1. The Balaban J connectivity index is 1.56. The molecule has 1 aliphatic heterocycles. The number of likely N-dealkylation sites (tertiary alicyclic amines) is 1. The maximum atomic E-state index is 12.3. The van der Waals surface area contributed by atoms with Crippen molar-refractivity contribution in [2.75, 3.05) is 19.6 Å². The number of carbonyl (C=O) groups is 1. The van der Waals surface area contributed by atoms with Crippen molar-refractivity contribution in [2.24, 2.45) is 23.0 Å². The Kier molecular flexibility index (Phi) is 2.89. The summed E-state index contributed by atoms with van der Waals surface area (Å²) in [4.78, 5) is 14.4. The molecule has 96 valence electrons. The van der Waals surface area contributed by atoms with Crippen LogP contribution in [0.1, 0.15) is 44.9 Å². The average molecular weight is 236 g/mol. The third-order valence-electron chi connectivity index (χ3n) is 5.45. The summed E-state index contributed by atoms with van der Waals surface area (Å²) in [6.45, 7) is 2.76. The third kappa shape index (κ3) is 1.99. The van der Waals surface area contributed by atoms with Gasteiger partial charge in [-0.15, -0.1) is 0 Å². The SMILES string of the molecule is NCC1(CC(=O)N2CC3CCCC3C2)CCC1. The predicted octanol–water partition coefficient (Wildman–Crippen LogP) is 1.76. The fraction of sp³-hybridized carbons (Fsp3) is 0.929. The van der Waals surface area contributed by atoms with Crippen LogP contribution in [0.15, 0.2) is 0 Å². The van der Waals surface area contributed by atoms with Crippen molar-refractivity contribution >= 4 is 5.91 Å². The van der Waals surface area contributed by atoms with Gasteiger partial charge in [0.05, 0.1) is 0 Å². The Labute approximate surface area is 104 Å². The Morgan fingerprint density at radius 3 is 2.29 bits per heavy atom. The van der Waals surface area contributed by atoms with E-state index < -0.39 is 0 Å². The minimum atomic E-state index is 0.175. The van der Waals surface area contributed by atoms with Gasteiger partial charge in [0, 0.05) is 19.5 Å². The van der Waals surface area contributed by atoms with E-state index in [-0.39, 0.29) is 5.41 Å². The molecule has 0 spiro atoms. The molecule has 2 saturated carbocycles. The summed E-state index contributed by atoms with van der Waals surface area (Å²) in [6.07, 6.45) is 8.36. The van der Waals surface area contributed by atoms with Crippen molar-refractivity contribution < 1.29 is 4.79 Å². The van der Waals surface area contributed by atoms with Crippen molar-refractivity contribution in [3.8, 4) is 0 Å². The summed E-state index contributed by atoms with van der Waals surface area (Å²) in [6, 6.07) is 0. The molecule has 2 N–H and O–H groups in total. The fourth-order valence-electron chi connectivity index (χ4n) is 4.00. The Bertz CT molecular complexity index is 294. The van der Waals surface area contributed by atoms with E-state index in [4.69, 9.17) is 5.73 Å². The third-order valence-corrected chi connectivity index (χ3v) is 5.45. The summed E-state index contributed by atoms with van der Waals surface area (Å²) >= 11 is 0. The van der Waals surface area contributed by atoms with Crippen LogP contribution in [0.25, 0.3) is 0 Å². The van der Waals surface area contributed by atoms with Crippen molar-refractivity contribution in [1.29, 1.82) is 0 Å². The molecule has 0 aromatic rings. The second-order valence-corrected chi connectivity index (χ2v) is 6.48. The van der Waals surface area contributed by atoms with Crippen LogP contribution in [-0.2, 0) is 4.79 Å². The molecule has 3 aliphatic rings. The van der Waals surface area contributed by atoms with Gasteiger partial charge >= 0.3 is 0 Å². The van der Waals surface area contributed by atoms with Gasteiger partial charge in [-0.05, 0) is 49.5 Å². The van der Waals surface area contributed by atoms with Gasteiger partial charge in [0.25, 0.3) is 0 Å². The molecule has 0 aromatic carbocycles. The van der Waals surface area contributed by atoms with Gasteiger partial charge in [-0.2, -0.15) is 0 Å². The van der Waals surface area contributed by atoms with Crippen LogP contribution in [0.5, 0.6) is 0 Å². The molecule has 0 aromatic heterocycles. The van der Waals surface area contributed by atoms with E-state index in [0.717, 1.165) is 37.8 Å². The van der Waals surface area contributed by atoms with Gasteiger partial charge in [-0.1, -0.05) is 12.8 Å². The smallest absolute Gasteiger partial charge is 0.223 e. The highest BCUT2D eigenvalue weighted by Gasteiger charge is 2.42. The number of hydrogen-bond donors (Lipinski definition) is 1. The molecule has 17 heavy (non-hydrogen) atoms. The standard InChI is InChI=1S/C14H24N2O/c15-10-14(5-2-6-14)7-13(17)16-8-11-3-1-4-12(11)9-16/h11-12H,1-10,15H2. The normalized spacial score (nSPS) is 34.5. The Hall–Kier alpha value is -0.570. The molecule has 3 nitrogen and oxygen atoms in total. The maximum absolute atomic E-state index is 12.3. The number of hydrogen-bond acceptors (Lipinski definition) is 2. The molecule has 2 unspecified atom stereocenters. The van der Waals surface area contributed by atoms with E-state index in [9.17, 15) is 4.79 Å². The minimum absolute atomic E-state index is 0.175. The van der Waals surface area contributed by atoms with Crippen LogP contribution in [0.4, 0.5) is 0 Å².